The van der Waals surface area contributed by atoms with Gasteiger partial charge in [-0.3, -0.25) is 14.7 Å². The van der Waals surface area contributed by atoms with E-state index in [0.29, 0.717) is 23.9 Å². The van der Waals surface area contributed by atoms with Crippen LogP contribution >= 0.6 is 0 Å². The summed E-state index contributed by atoms with van der Waals surface area (Å²) in [6.45, 7) is 8.25. The van der Waals surface area contributed by atoms with Gasteiger partial charge in [0.2, 0.25) is 0 Å². The molecule has 1 saturated heterocycles. The van der Waals surface area contributed by atoms with Crippen LogP contribution in [-0.2, 0) is 9.53 Å². The number of likely N-dealkylation sites (tertiary alicyclic amines) is 1. The molecule has 26 heavy (non-hydrogen) atoms. The summed E-state index contributed by atoms with van der Waals surface area (Å²) in [5.41, 5.74) is 2.57. The summed E-state index contributed by atoms with van der Waals surface area (Å²) in [4.78, 5) is 18.2. The van der Waals surface area contributed by atoms with Crippen LogP contribution in [0.2, 0.25) is 0 Å². The molecule has 0 radical (unpaired) electrons. The van der Waals surface area contributed by atoms with Crippen molar-refractivity contribution < 1.29 is 9.53 Å². The number of aromatic nitrogens is 1. The number of benzene rings is 1. The van der Waals surface area contributed by atoms with Gasteiger partial charge < -0.3 is 4.74 Å². The monoisotopic (exact) mass is 353 g/mol. The van der Waals surface area contributed by atoms with Gasteiger partial charge in [-0.25, -0.2) is 0 Å². The van der Waals surface area contributed by atoms with Crippen LogP contribution in [0.15, 0.2) is 30.5 Å². The van der Waals surface area contributed by atoms with E-state index in [0.717, 1.165) is 30.4 Å². The van der Waals surface area contributed by atoms with Crippen LogP contribution < -0.4 is 0 Å². The van der Waals surface area contributed by atoms with Crippen molar-refractivity contribution >= 4 is 16.9 Å². The average molecular weight is 353 g/mol. The third kappa shape index (κ3) is 4.39. The summed E-state index contributed by atoms with van der Waals surface area (Å²) < 4.78 is 4.80. The van der Waals surface area contributed by atoms with Crippen LogP contribution in [0.3, 0.4) is 0 Å². The summed E-state index contributed by atoms with van der Waals surface area (Å²) in [6.07, 6.45) is 2.79. The summed E-state index contributed by atoms with van der Waals surface area (Å²) in [5, 5.41) is 10.3. The van der Waals surface area contributed by atoms with Crippen LogP contribution in [0.4, 0.5) is 0 Å². The molecule has 2 unspecified atom stereocenters. The molecule has 1 aliphatic heterocycles. The maximum absolute atomic E-state index is 11.6. The van der Waals surface area contributed by atoms with Crippen LogP contribution in [0.5, 0.6) is 0 Å². The number of hydrogen-bond acceptors (Lipinski definition) is 5. The highest BCUT2D eigenvalue weighted by atomic mass is 16.5. The van der Waals surface area contributed by atoms with E-state index in [-0.39, 0.29) is 5.97 Å². The number of piperidine rings is 1. The van der Waals surface area contributed by atoms with Gasteiger partial charge in [0.05, 0.1) is 24.7 Å². The third-order valence-electron chi connectivity index (χ3n) is 4.68. The third-order valence-corrected chi connectivity index (χ3v) is 4.68. The van der Waals surface area contributed by atoms with E-state index in [1.54, 1.807) is 6.20 Å². The second-order valence-electron chi connectivity index (χ2n) is 6.52. The Morgan fingerprint density at radius 3 is 2.81 bits per heavy atom. The van der Waals surface area contributed by atoms with Gasteiger partial charge in [0.25, 0.3) is 0 Å². The van der Waals surface area contributed by atoms with Crippen molar-refractivity contribution in [2.24, 2.45) is 5.92 Å². The minimum Gasteiger partial charge on any atom is -0.468 e. The zero-order valence-electron chi connectivity index (χ0n) is 16.0. The Kier molecular flexibility index (Phi) is 7.11. The predicted molar refractivity (Wildman–Crippen MR) is 103 cm³/mol. The molecule has 0 saturated carbocycles. The Balaban J connectivity index is 0.00000117. The number of nitrogens with zero attached hydrogens (tertiary/aromatic N) is 3. The summed E-state index contributed by atoms with van der Waals surface area (Å²) in [5.74, 6) is 0.614. The lowest BCUT2D eigenvalue weighted by molar-refractivity contribution is -0.142. The number of fused-ring (bicyclic) bond motifs is 1. The van der Waals surface area contributed by atoms with Crippen LogP contribution in [-0.4, -0.2) is 42.6 Å². The first-order valence-corrected chi connectivity index (χ1v) is 9.19. The minimum absolute atomic E-state index is 0.200. The highest BCUT2D eigenvalue weighted by Gasteiger charge is 2.28. The van der Waals surface area contributed by atoms with Gasteiger partial charge in [-0.05, 0) is 36.0 Å². The van der Waals surface area contributed by atoms with Gasteiger partial charge in [0, 0.05) is 24.7 Å². The van der Waals surface area contributed by atoms with Crippen LogP contribution in [0, 0.1) is 17.2 Å². The van der Waals surface area contributed by atoms with Crippen molar-refractivity contribution in [2.75, 3.05) is 26.7 Å². The molecule has 2 atom stereocenters. The normalized spacial score (nSPS) is 20.0. The number of nitriles is 1. The van der Waals surface area contributed by atoms with Crippen LogP contribution in [0.25, 0.3) is 10.9 Å². The lowest BCUT2D eigenvalue weighted by atomic mass is 9.83. The molecule has 0 N–H and O–H groups in total. The average Bonchev–Trinajstić information content (AvgIpc) is 2.68. The Bertz CT molecular complexity index is 797. The highest BCUT2D eigenvalue weighted by molar-refractivity contribution is 5.87. The zero-order valence-corrected chi connectivity index (χ0v) is 16.0. The van der Waals surface area contributed by atoms with Gasteiger partial charge in [-0.2, -0.15) is 5.26 Å². The maximum atomic E-state index is 11.6. The molecule has 1 aromatic heterocycles. The fourth-order valence-electron chi connectivity index (χ4n) is 3.70. The fourth-order valence-corrected chi connectivity index (χ4v) is 3.70. The highest BCUT2D eigenvalue weighted by Crippen LogP contribution is 2.34. The molecule has 0 bridgehead atoms. The Hall–Kier alpha value is -2.45. The fraction of sp³-hybridized carbons (Fsp3) is 0.476. The van der Waals surface area contributed by atoms with Crippen molar-refractivity contribution in [3.63, 3.8) is 0 Å². The summed E-state index contributed by atoms with van der Waals surface area (Å²) in [7, 11) is 1.42. The topological polar surface area (TPSA) is 66.2 Å². The molecule has 5 heteroatoms. The Labute approximate surface area is 155 Å². The van der Waals surface area contributed by atoms with Gasteiger partial charge in [-0.1, -0.05) is 32.9 Å². The van der Waals surface area contributed by atoms with Gasteiger partial charge in [0.1, 0.15) is 6.07 Å². The SMILES string of the molecule is CC.COC(=O)CN1CC(C)CC(c2ccc(C#N)c3ncccc23)C1. The van der Waals surface area contributed by atoms with E-state index in [1.165, 1.54) is 12.7 Å². The number of carbonyl (C=O) groups excluding carboxylic acids is 1. The Morgan fingerprint density at radius 1 is 1.35 bits per heavy atom. The molecule has 0 amide bonds. The molecular weight excluding hydrogens is 326 g/mol. The van der Waals surface area contributed by atoms with Gasteiger partial charge in [0.15, 0.2) is 0 Å². The summed E-state index contributed by atoms with van der Waals surface area (Å²) in [6, 6.07) is 10.1. The molecular formula is C21H27N3O2. The van der Waals surface area contributed by atoms with E-state index in [1.807, 2.05) is 38.1 Å². The largest absolute Gasteiger partial charge is 0.468 e. The van der Waals surface area contributed by atoms with E-state index < -0.39 is 0 Å². The van der Waals surface area contributed by atoms with Gasteiger partial charge >= 0.3 is 5.97 Å². The van der Waals surface area contributed by atoms with Crippen LogP contribution in [0.1, 0.15) is 44.2 Å². The number of ether oxygens (including phenoxy) is 1. The first kappa shape index (κ1) is 19.9. The molecule has 1 aromatic carbocycles. The molecule has 1 aliphatic rings. The van der Waals surface area contributed by atoms with Gasteiger partial charge in [-0.15, -0.1) is 0 Å². The molecule has 0 spiro atoms. The first-order chi connectivity index (χ1) is 12.6. The smallest absolute Gasteiger partial charge is 0.319 e. The molecule has 1 fully saturated rings. The maximum Gasteiger partial charge on any atom is 0.319 e. The second-order valence-corrected chi connectivity index (χ2v) is 6.52. The first-order valence-electron chi connectivity index (χ1n) is 9.19. The van der Waals surface area contributed by atoms with E-state index >= 15 is 0 Å². The predicted octanol–water partition coefficient (Wildman–Crippen LogP) is 3.73. The van der Waals surface area contributed by atoms with E-state index in [9.17, 15) is 10.1 Å². The lowest BCUT2D eigenvalue weighted by Gasteiger charge is -2.36. The lowest BCUT2D eigenvalue weighted by Crippen LogP contribution is -2.41. The van der Waals surface area contributed by atoms with Crippen molar-refractivity contribution in [1.29, 1.82) is 5.26 Å². The number of rotatable bonds is 3. The van der Waals surface area contributed by atoms with E-state index in [2.05, 4.69) is 22.9 Å². The van der Waals surface area contributed by atoms with Crippen molar-refractivity contribution in [3.8, 4) is 6.07 Å². The number of pyridine rings is 1. The minimum atomic E-state index is -0.200. The number of esters is 1. The molecule has 2 heterocycles. The Morgan fingerprint density at radius 2 is 2.12 bits per heavy atom. The molecule has 5 nitrogen and oxygen atoms in total. The number of methoxy groups -OCH3 is 1. The van der Waals surface area contributed by atoms with Crippen molar-refractivity contribution in [2.45, 2.75) is 33.1 Å². The van der Waals surface area contributed by atoms with E-state index in [4.69, 9.17) is 4.74 Å². The standard InChI is InChI=1S/C19H21N3O2.C2H6/c1-13-8-15(11-22(10-13)12-18(23)24-2)16-6-5-14(9-20)19-17(16)4-3-7-21-19;1-2/h3-7,13,15H,8,10-12H2,1-2H3;1-2H3. The molecule has 138 valence electrons. The second kappa shape index (κ2) is 9.30. The van der Waals surface area contributed by atoms with Crippen molar-refractivity contribution in [1.82, 2.24) is 9.88 Å². The molecule has 2 aromatic rings. The quantitative estimate of drug-likeness (QED) is 0.787. The summed E-state index contributed by atoms with van der Waals surface area (Å²) >= 11 is 0. The van der Waals surface area contributed by atoms with Crippen molar-refractivity contribution in [3.05, 3.63) is 41.6 Å². The number of carbonyl (C=O) groups is 1. The molecule has 3 rings (SSSR count). The number of hydrogen-bond donors (Lipinski definition) is 0. The molecule has 0 aliphatic carbocycles. The zero-order chi connectivity index (χ0) is 19.1.